The van der Waals surface area contributed by atoms with Gasteiger partial charge in [0.15, 0.2) is 0 Å². The van der Waals surface area contributed by atoms with Gasteiger partial charge in [0.05, 0.1) is 18.7 Å². The van der Waals surface area contributed by atoms with E-state index in [1.165, 1.54) is 19.2 Å². The van der Waals surface area contributed by atoms with Gasteiger partial charge >= 0.3 is 5.97 Å². The summed E-state index contributed by atoms with van der Waals surface area (Å²) < 4.78 is 18.1. The number of carbonyl (C=O) groups is 1. The number of anilines is 1. The van der Waals surface area contributed by atoms with Crippen molar-refractivity contribution in [1.82, 2.24) is 0 Å². The van der Waals surface area contributed by atoms with Gasteiger partial charge in [-0.3, -0.25) is 0 Å². The first-order valence-corrected chi connectivity index (χ1v) is 8.08. The second-order valence-electron chi connectivity index (χ2n) is 6.32. The van der Waals surface area contributed by atoms with Crippen LogP contribution < -0.4 is 5.32 Å². The maximum absolute atomic E-state index is 13.2. The predicted molar refractivity (Wildman–Crippen MR) is 90.5 cm³/mol. The maximum Gasteiger partial charge on any atom is 0.337 e. The molecule has 2 aromatic rings. The van der Waals surface area contributed by atoms with Crippen molar-refractivity contribution in [3.05, 3.63) is 77.1 Å². The maximum atomic E-state index is 13.2. The molecule has 3 atom stereocenters. The van der Waals surface area contributed by atoms with Crippen molar-refractivity contribution in [3.8, 4) is 0 Å². The van der Waals surface area contributed by atoms with Crippen molar-refractivity contribution in [1.29, 1.82) is 0 Å². The molecule has 1 aliphatic heterocycles. The van der Waals surface area contributed by atoms with E-state index in [4.69, 9.17) is 4.74 Å². The number of allylic oxidation sites excluding steroid dienone is 2. The molecule has 2 aliphatic rings. The molecule has 0 fully saturated rings. The number of fused-ring (bicyclic) bond motifs is 3. The van der Waals surface area contributed by atoms with Gasteiger partial charge in [-0.15, -0.1) is 0 Å². The molecular formula is C20H18FNO2. The Labute approximate surface area is 140 Å². The van der Waals surface area contributed by atoms with Crippen molar-refractivity contribution in [2.45, 2.75) is 18.4 Å². The van der Waals surface area contributed by atoms with Crippen LogP contribution in [0.5, 0.6) is 0 Å². The minimum absolute atomic E-state index is 0.127. The van der Waals surface area contributed by atoms with Gasteiger partial charge < -0.3 is 10.1 Å². The zero-order chi connectivity index (χ0) is 16.7. The summed E-state index contributed by atoms with van der Waals surface area (Å²) in [6.07, 6.45) is 5.36. The fourth-order valence-corrected chi connectivity index (χ4v) is 3.84. The molecule has 2 aromatic carbocycles. The number of ether oxygens (including phenoxy) is 1. The van der Waals surface area contributed by atoms with E-state index in [2.05, 4.69) is 17.5 Å². The topological polar surface area (TPSA) is 38.3 Å². The first-order valence-electron chi connectivity index (χ1n) is 8.08. The van der Waals surface area contributed by atoms with Crippen molar-refractivity contribution in [3.63, 3.8) is 0 Å². The molecule has 0 spiro atoms. The Morgan fingerprint density at radius 3 is 2.75 bits per heavy atom. The highest BCUT2D eigenvalue weighted by Crippen LogP contribution is 2.49. The summed E-state index contributed by atoms with van der Waals surface area (Å²) in [7, 11) is 1.39. The molecule has 1 heterocycles. The fourth-order valence-electron chi connectivity index (χ4n) is 3.84. The summed E-state index contributed by atoms with van der Waals surface area (Å²) in [6, 6.07) is 12.4. The monoisotopic (exact) mass is 323 g/mol. The number of nitrogens with one attached hydrogen (secondary N) is 1. The summed E-state index contributed by atoms with van der Waals surface area (Å²) in [6.45, 7) is 0. The minimum atomic E-state index is -0.322. The molecular weight excluding hydrogens is 305 g/mol. The van der Waals surface area contributed by atoms with Crippen molar-refractivity contribution < 1.29 is 13.9 Å². The molecule has 1 N–H and O–H groups in total. The molecule has 24 heavy (non-hydrogen) atoms. The number of rotatable bonds is 2. The van der Waals surface area contributed by atoms with Crippen molar-refractivity contribution in [2.24, 2.45) is 5.92 Å². The molecule has 0 unspecified atom stereocenters. The Kier molecular flexibility index (Phi) is 3.60. The normalized spacial score (nSPS) is 24.0. The zero-order valence-corrected chi connectivity index (χ0v) is 13.3. The van der Waals surface area contributed by atoms with Crippen LogP contribution in [-0.4, -0.2) is 13.1 Å². The highest BCUT2D eigenvalue weighted by Gasteiger charge is 2.38. The van der Waals surface area contributed by atoms with E-state index in [1.807, 2.05) is 24.3 Å². The smallest absolute Gasteiger partial charge is 0.337 e. The predicted octanol–water partition coefficient (Wildman–Crippen LogP) is 4.44. The van der Waals surface area contributed by atoms with Crippen molar-refractivity contribution >= 4 is 11.7 Å². The Hall–Kier alpha value is -2.62. The second-order valence-corrected chi connectivity index (χ2v) is 6.32. The number of carbonyl (C=O) groups excluding carboxylic acids is 1. The van der Waals surface area contributed by atoms with Gasteiger partial charge in [0.1, 0.15) is 5.82 Å². The third kappa shape index (κ3) is 2.39. The Morgan fingerprint density at radius 1 is 1.21 bits per heavy atom. The molecule has 0 amide bonds. The van der Waals surface area contributed by atoms with E-state index in [0.29, 0.717) is 11.5 Å². The van der Waals surface area contributed by atoms with Crippen LogP contribution in [0.4, 0.5) is 10.1 Å². The molecule has 1 aliphatic carbocycles. The van der Waals surface area contributed by atoms with E-state index in [9.17, 15) is 9.18 Å². The molecule has 0 radical (unpaired) electrons. The first-order chi connectivity index (χ1) is 11.7. The van der Waals surface area contributed by atoms with E-state index >= 15 is 0 Å². The van der Waals surface area contributed by atoms with Crippen LogP contribution in [0.1, 0.15) is 39.9 Å². The van der Waals surface area contributed by atoms with Crippen LogP contribution in [0, 0.1) is 11.7 Å². The average molecular weight is 323 g/mol. The van der Waals surface area contributed by atoms with Gasteiger partial charge in [-0.1, -0.05) is 24.3 Å². The number of methoxy groups -OCH3 is 1. The van der Waals surface area contributed by atoms with E-state index < -0.39 is 0 Å². The van der Waals surface area contributed by atoms with Crippen LogP contribution in [0.2, 0.25) is 0 Å². The Balaban J connectivity index is 1.74. The lowest BCUT2D eigenvalue weighted by molar-refractivity contribution is 0.0600. The van der Waals surface area contributed by atoms with E-state index in [1.54, 1.807) is 6.07 Å². The quantitative estimate of drug-likeness (QED) is 0.656. The number of hydrogen-bond donors (Lipinski definition) is 1. The summed E-state index contributed by atoms with van der Waals surface area (Å²) in [5, 5.41) is 3.57. The number of halogens is 1. The highest BCUT2D eigenvalue weighted by molar-refractivity contribution is 5.90. The van der Waals surface area contributed by atoms with Crippen molar-refractivity contribution in [2.75, 3.05) is 12.4 Å². The molecule has 0 aromatic heterocycles. The molecule has 0 saturated heterocycles. The highest BCUT2D eigenvalue weighted by atomic mass is 19.1. The summed E-state index contributed by atoms with van der Waals surface area (Å²) in [4.78, 5) is 11.8. The van der Waals surface area contributed by atoms with Gasteiger partial charge in [-0.05, 0) is 53.8 Å². The number of benzene rings is 2. The van der Waals surface area contributed by atoms with Gasteiger partial charge in [-0.2, -0.15) is 0 Å². The first kappa shape index (κ1) is 14.9. The zero-order valence-electron chi connectivity index (χ0n) is 13.3. The molecule has 4 rings (SSSR count). The molecule has 4 heteroatoms. The van der Waals surface area contributed by atoms with Crippen LogP contribution in [0.15, 0.2) is 54.6 Å². The summed E-state index contributed by atoms with van der Waals surface area (Å²) >= 11 is 0. The largest absolute Gasteiger partial charge is 0.465 e. The van der Waals surface area contributed by atoms with Gasteiger partial charge in [0.25, 0.3) is 0 Å². The SMILES string of the molecule is COC(=O)c1ccc2c(c1)[C@@H]1C=CC[C@H]1[C@H](c1ccc(F)cc1)N2. The Bertz CT molecular complexity index is 813. The lowest BCUT2D eigenvalue weighted by Crippen LogP contribution is -2.29. The lowest BCUT2D eigenvalue weighted by Gasteiger charge is -2.37. The van der Waals surface area contributed by atoms with Gasteiger partial charge in [0, 0.05) is 11.6 Å². The Morgan fingerprint density at radius 2 is 2.00 bits per heavy atom. The van der Waals surface area contributed by atoms with Gasteiger partial charge in [0.2, 0.25) is 0 Å². The van der Waals surface area contributed by atoms with Gasteiger partial charge in [-0.25, -0.2) is 9.18 Å². The lowest BCUT2D eigenvalue weighted by atomic mass is 9.76. The van der Waals surface area contributed by atoms with Crippen LogP contribution in [0.3, 0.4) is 0 Å². The molecule has 122 valence electrons. The summed E-state index contributed by atoms with van der Waals surface area (Å²) in [5.41, 5.74) is 3.79. The van der Waals surface area contributed by atoms with E-state index in [0.717, 1.165) is 23.2 Å². The average Bonchev–Trinajstić information content (AvgIpc) is 3.11. The minimum Gasteiger partial charge on any atom is -0.465 e. The molecule has 0 bridgehead atoms. The third-order valence-electron chi connectivity index (χ3n) is 5.01. The second kappa shape index (κ2) is 5.78. The molecule has 3 nitrogen and oxygen atoms in total. The van der Waals surface area contributed by atoms with Crippen LogP contribution in [0.25, 0.3) is 0 Å². The number of hydrogen-bond acceptors (Lipinski definition) is 3. The molecule has 0 saturated carbocycles. The summed E-state index contributed by atoms with van der Waals surface area (Å²) in [5.74, 6) is 0.0625. The fraction of sp³-hybridized carbons (Fsp3) is 0.250. The van der Waals surface area contributed by atoms with E-state index in [-0.39, 0.29) is 23.7 Å². The van der Waals surface area contributed by atoms with Crippen LogP contribution >= 0.6 is 0 Å². The third-order valence-corrected chi connectivity index (χ3v) is 5.01. The number of esters is 1. The van der Waals surface area contributed by atoms with Crippen LogP contribution in [-0.2, 0) is 4.74 Å². The standard InChI is InChI=1S/C20H18FNO2/c1-24-20(23)13-7-10-18-17(11-13)15-3-2-4-16(15)19(22-18)12-5-8-14(21)9-6-12/h2-3,5-11,15-16,19,22H,4H2,1H3/t15-,16-,19+/m1/s1.